The summed E-state index contributed by atoms with van der Waals surface area (Å²) in [6.07, 6.45) is 0. The third-order valence-corrected chi connectivity index (χ3v) is 11.4. The minimum atomic E-state index is 0.626. The van der Waals surface area contributed by atoms with Crippen molar-refractivity contribution in [1.29, 1.82) is 0 Å². The second-order valence-electron chi connectivity index (χ2n) is 14.3. The number of hydrogen-bond acceptors (Lipinski definition) is 3. The Bertz CT molecular complexity index is 3280. The fourth-order valence-corrected chi connectivity index (χ4v) is 9.02. The lowest BCUT2D eigenvalue weighted by Gasteiger charge is -2.16. The van der Waals surface area contributed by atoms with E-state index in [4.69, 9.17) is 15.0 Å². The smallest absolute Gasteiger partial charge is 0.166 e. The number of benzene rings is 9. The van der Waals surface area contributed by atoms with Gasteiger partial charge in [-0.15, -0.1) is 0 Å². The van der Waals surface area contributed by atoms with Crippen LogP contribution in [0.15, 0.2) is 182 Å². The zero-order chi connectivity index (χ0) is 36.0. The molecule has 4 nitrogen and oxygen atoms in total. The van der Waals surface area contributed by atoms with E-state index in [1.54, 1.807) is 0 Å². The summed E-state index contributed by atoms with van der Waals surface area (Å²) in [7, 11) is 0. The topological polar surface area (TPSA) is 43.6 Å². The van der Waals surface area contributed by atoms with Crippen molar-refractivity contribution in [3.63, 3.8) is 0 Å². The lowest BCUT2D eigenvalue weighted by Crippen LogP contribution is -2.04. The number of nitrogens with zero attached hydrogens (tertiary/aromatic N) is 4. The van der Waals surface area contributed by atoms with Crippen LogP contribution in [0.25, 0.3) is 116 Å². The van der Waals surface area contributed by atoms with Crippen molar-refractivity contribution in [3.8, 4) is 62.1 Å². The maximum atomic E-state index is 5.35. The minimum Gasteiger partial charge on any atom is -0.308 e. The summed E-state index contributed by atoms with van der Waals surface area (Å²) in [6.45, 7) is 0. The molecule has 0 N–H and O–H groups in total. The second-order valence-corrected chi connectivity index (χ2v) is 14.3. The summed E-state index contributed by atoms with van der Waals surface area (Å²) < 4.78 is 2.42. The number of aromatic nitrogens is 4. The van der Waals surface area contributed by atoms with Gasteiger partial charge in [0.25, 0.3) is 0 Å². The van der Waals surface area contributed by atoms with Gasteiger partial charge in [0.05, 0.1) is 16.7 Å². The highest BCUT2D eigenvalue weighted by molar-refractivity contribution is 6.30. The molecule has 0 radical (unpaired) electrons. The van der Waals surface area contributed by atoms with Crippen molar-refractivity contribution in [3.05, 3.63) is 182 Å². The highest BCUT2D eigenvalue weighted by Crippen LogP contribution is 2.50. The third-order valence-electron chi connectivity index (χ3n) is 11.4. The van der Waals surface area contributed by atoms with Crippen LogP contribution in [-0.4, -0.2) is 19.5 Å². The number of fused-ring (bicyclic) bond motifs is 5. The van der Waals surface area contributed by atoms with E-state index < -0.39 is 0 Å². The molecule has 0 amide bonds. The van der Waals surface area contributed by atoms with E-state index in [2.05, 4.69) is 187 Å². The Kier molecular flexibility index (Phi) is 6.31. The quantitative estimate of drug-likeness (QED) is 0.184. The Morgan fingerprint density at radius 1 is 0.273 bits per heavy atom. The van der Waals surface area contributed by atoms with Crippen molar-refractivity contribution < 1.29 is 0 Å². The van der Waals surface area contributed by atoms with E-state index in [0.717, 1.165) is 55.0 Å². The molecule has 0 saturated carbocycles. The fraction of sp³-hybridized carbons (Fsp3) is 0. The molecule has 1 aliphatic rings. The Morgan fingerprint density at radius 3 is 1.36 bits per heavy atom. The van der Waals surface area contributed by atoms with Crippen LogP contribution in [0.1, 0.15) is 0 Å². The first kappa shape index (κ1) is 30.1. The lowest BCUT2D eigenvalue weighted by atomic mass is 9.93. The average Bonchev–Trinajstić information content (AvgIpc) is 3.54. The van der Waals surface area contributed by atoms with Gasteiger partial charge in [0.1, 0.15) is 0 Å². The van der Waals surface area contributed by atoms with E-state index in [1.807, 2.05) is 0 Å². The zero-order valence-corrected chi connectivity index (χ0v) is 29.6. The van der Waals surface area contributed by atoms with Crippen LogP contribution in [-0.2, 0) is 0 Å². The van der Waals surface area contributed by atoms with E-state index >= 15 is 0 Å². The van der Waals surface area contributed by atoms with E-state index in [1.165, 1.54) is 43.8 Å². The first-order valence-corrected chi connectivity index (χ1v) is 18.7. The van der Waals surface area contributed by atoms with Gasteiger partial charge in [-0.25, -0.2) is 15.0 Å². The monoisotopic (exact) mass is 698 g/mol. The van der Waals surface area contributed by atoms with Gasteiger partial charge in [-0.05, 0) is 78.8 Å². The van der Waals surface area contributed by atoms with Gasteiger partial charge in [0.2, 0.25) is 0 Å². The molecule has 0 spiro atoms. The second kappa shape index (κ2) is 11.5. The largest absolute Gasteiger partial charge is 0.308 e. The van der Waals surface area contributed by atoms with Crippen molar-refractivity contribution in [2.24, 2.45) is 0 Å². The molecule has 4 heteroatoms. The van der Waals surface area contributed by atoms with Crippen molar-refractivity contribution in [1.82, 2.24) is 19.5 Å². The standard InChI is InChI=1S/C51H30N4/c1-3-18-34-31(13-1)15-9-25-40(34)49-52-50(41-26-10-16-32-14-2-4-19-35(32)41)54-51(53-49)42-22-7-8-27-43(42)55-44-28-12-24-39-37-21-6-5-20-36(37)38-23-11-17-33-29-30-45(55)48(46(33)38)47(39)44/h1-30H. The van der Waals surface area contributed by atoms with Crippen LogP contribution >= 0.6 is 0 Å². The van der Waals surface area contributed by atoms with Crippen LogP contribution in [0.3, 0.4) is 0 Å². The van der Waals surface area contributed by atoms with Crippen molar-refractivity contribution >= 4 is 54.1 Å². The Balaban J connectivity index is 1.18. The van der Waals surface area contributed by atoms with Gasteiger partial charge in [-0.3, -0.25) is 0 Å². The molecule has 2 heterocycles. The molecule has 254 valence electrons. The Morgan fingerprint density at radius 2 is 0.709 bits per heavy atom. The SMILES string of the molecule is c1ccc2c(c1)-c1cccc3ccc4c(c13)c1c-2cccc1n4-c1ccccc1-c1nc(-c2cccc3ccccc23)nc(-c2cccc3ccccc23)n1. The van der Waals surface area contributed by atoms with E-state index in [9.17, 15) is 0 Å². The van der Waals surface area contributed by atoms with Crippen LogP contribution in [0.2, 0.25) is 0 Å². The molecule has 2 aromatic heterocycles. The van der Waals surface area contributed by atoms with Crippen LogP contribution in [0.4, 0.5) is 0 Å². The zero-order valence-electron chi connectivity index (χ0n) is 29.6. The predicted octanol–water partition coefficient (Wildman–Crippen LogP) is 13.1. The summed E-state index contributed by atoms with van der Waals surface area (Å²) in [4.78, 5) is 15.9. The first-order chi connectivity index (χ1) is 27.3. The van der Waals surface area contributed by atoms with Crippen molar-refractivity contribution in [2.45, 2.75) is 0 Å². The van der Waals surface area contributed by atoms with Gasteiger partial charge < -0.3 is 4.57 Å². The maximum absolute atomic E-state index is 5.35. The normalized spacial score (nSPS) is 12.0. The molecule has 0 aliphatic heterocycles. The Hall–Kier alpha value is -7.43. The molecular formula is C51H30N4. The van der Waals surface area contributed by atoms with Crippen LogP contribution in [0.5, 0.6) is 0 Å². The molecule has 55 heavy (non-hydrogen) atoms. The average molecular weight is 699 g/mol. The predicted molar refractivity (Wildman–Crippen MR) is 227 cm³/mol. The van der Waals surface area contributed by atoms with Gasteiger partial charge in [0, 0.05) is 27.5 Å². The highest BCUT2D eigenvalue weighted by atomic mass is 15.1. The van der Waals surface area contributed by atoms with Gasteiger partial charge in [0.15, 0.2) is 17.5 Å². The fourth-order valence-electron chi connectivity index (χ4n) is 9.02. The minimum absolute atomic E-state index is 0.626. The summed E-state index contributed by atoms with van der Waals surface area (Å²) in [5.74, 6) is 1.91. The van der Waals surface area contributed by atoms with Crippen LogP contribution < -0.4 is 0 Å². The molecule has 0 atom stereocenters. The molecule has 0 saturated heterocycles. The molecule has 1 aliphatic carbocycles. The maximum Gasteiger partial charge on any atom is 0.166 e. The number of para-hydroxylation sites is 1. The molecule has 0 bridgehead atoms. The summed E-state index contributed by atoms with van der Waals surface area (Å²) in [5, 5.41) is 9.55. The first-order valence-electron chi connectivity index (χ1n) is 18.7. The molecular weight excluding hydrogens is 669 g/mol. The molecule has 11 aromatic rings. The summed E-state index contributed by atoms with van der Waals surface area (Å²) in [6, 6.07) is 64.9. The van der Waals surface area contributed by atoms with Crippen LogP contribution in [0, 0.1) is 0 Å². The number of hydrogen-bond donors (Lipinski definition) is 0. The van der Waals surface area contributed by atoms with E-state index in [-0.39, 0.29) is 0 Å². The van der Waals surface area contributed by atoms with Crippen molar-refractivity contribution in [2.75, 3.05) is 0 Å². The highest BCUT2D eigenvalue weighted by Gasteiger charge is 2.26. The summed E-state index contributed by atoms with van der Waals surface area (Å²) >= 11 is 0. The number of rotatable bonds is 4. The lowest BCUT2D eigenvalue weighted by molar-refractivity contribution is 1.07. The Labute approximate surface area is 316 Å². The summed E-state index contributed by atoms with van der Waals surface area (Å²) in [5.41, 5.74) is 11.2. The van der Waals surface area contributed by atoms with E-state index in [0.29, 0.717) is 17.5 Å². The van der Waals surface area contributed by atoms with Gasteiger partial charge in [-0.2, -0.15) is 0 Å². The molecule has 0 fully saturated rings. The molecule has 0 unspecified atom stereocenters. The van der Waals surface area contributed by atoms with Gasteiger partial charge in [-0.1, -0.05) is 158 Å². The molecule has 12 rings (SSSR count). The third kappa shape index (κ3) is 4.37. The van der Waals surface area contributed by atoms with Gasteiger partial charge >= 0.3 is 0 Å². The molecule has 9 aromatic carbocycles.